The molecule has 3 rings (SSSR count). The van der Waals surface area contributed by atoms with Crippen LogP contribution in [0.25, 0.3) is 10.9 Å². The van der Waals surface area contributed by atoms with E-state index >= 15 is 0 Å². The molecule has 5 nitrogen and oxygen atoms in total. The first-order chi connectivity index (χ1) is 15.9. The lowest BCUT2D eigenvalue weighted by molar-refractivity contribution is -0.196. The summed E-state index contributed by atoms with van der Waals surface area (Å²) < 4.78 is 62.9. The van der Waals surface area contributed by atoms with Gasteiger partial charge in [0.25, 0.3) is 0 Å². The molecule has 0 saturated carbocycles. The number of nitrogens with one attached hydrogen (secondary N) is 2. The monoisotopic (exact) mass is 478 g/mol. The Hall–Kier alpha value is -3.07. The van der Waals surface area contributed by atoms with Gasteiger partial charge in [-0.05, 0) is 67.8 Å². The lowest BCUT2D eigenvalue weighted by Gasteiger charge is -2.42. The highest BCUT2D eigenvalue weighted by Crippen LogP contribution is 2.43. The van der Waals surface area contributed by atoms with Gasteiger partial charge >= 0.3 is 6.18 Å². The molecule has 1 heterocycles. The summed E-state index contributed by atoms with van der Waals surface area (Å²) in [6, 6.07) is 12.4. The minimum atomic E-state index is -4.61. The van der Waals surface area contributed by atoms with E-state index in [4.69, 9.17) is 10.5 Å². The van der Waals surface area contributed by atoms with Crippen molar-refractivity contribution in [3.8, 4) is 5.88 Å². The van der Waals surface area contributed by atoms with Gasteiger partial charge < -0.3 is 21.1 Å². The molecule has 1 unspecified atom stereocenters. The van der Waals surface area contributed by atoms with Crippen molar-refractivity contribution in [2.24, 2.45) is 0 Å². The van der Waals surface area contributed by atoms with Crippen LogP contribution in [-0.4, -0.2) is 36.9 Å². The van der Waals surface area contributed by atoms with E-state index < -0.39 is 29.5 Å². The van der Waals surface area contributed by atoms with Gasteiger partial charge in [-0.15, -0.1) is 0 Å². The molecule has 0 spiro atoms. The maximum Gasteiger partial charge on any atom is 0.408 e. The summed E-state index contributed by atoms with van der Waals surface area (Å²) in [4.78, 5) is 4.41. The van der Waals surface area contributed by atoms with Crippen molar-refractivity contribution in [2.75, 3.05) is 31.2 Å². The zero-order valence-corrected chi connectivity index (χ0v) is 19.7. The molecule has 9 heteroatoms. The predicted octanol–water partition coefficient (Wildman–Crippen LogP) is 5.66. The maximum absolute atomic E-state index is 14.5. The first-order valence-corrected chi connectivity index (χ1v) is 11.0. The Morgan fingerprint density at radius 3 is 2.44 bits per heavy atom. The number of nitrogen functional groups attached to an aromatic ring is 1. The van der Waals surface area contributed by atoms with Crippen LogP contribution < -0.4 is 21.1 Å². The molecular formula is C25H30F4N4O. The number of aromatic nitrogens is 1. The van der Waals surface area contributed by atoms with Gasteiger partial charge in [0.1, 0.15) is 11.4 Å². The summed E-state index contributed by atoms with van der Waals surface area (Å²) in [7, 11) is 1.28. The van der Waals surface area contributed by atoms with E-state index in [9.17, 15) is 17.6 Å². The maximum atomic E-state index is 14.5. The van der Waals surface area contributed by atoms with Crippen LogP contribution in [0.3, 0.4) is 0 Å². The Kier molecular flexibility index (Phi) is 7.26. The third kappa shape index (κ3) is 5.19. The van der Waals surface area contributed by atoms with Gasteiger partial charge in [0.15, 0.2) is 0 Å². The zero-order chi connectivity index (χ0) is 25.1. The zero-order valence-electron chi connectivity index (χ0n) is 19.7. The molecule has 0 aliphatic heterocycles. The molecule has 0 aliphatic rings. The van der Waals surface area contributed by atoms with E-state index in [1.807, 2.05) is 6.92 Å². The van der Waals surface area contributed by atoms with E-state index in [0.29, 0.717) is 34.6 Å². The molecule has 0 amide bonds. The Morgan fingerprint density at radius 1 is 1.06 bits per heavy atom. The van der Waals surface area contributed by atoms with Gasteiger partial charge in [0.05, 0.1) is 12.1 Å². The average molecular weight is 479 g/mol. The van der Waals surface area contributed by atoms with Gasteiger partial charge in [-0.25, -0.2) is 9.37 Å². The van der Waals surface area contributed by atoms with Gasteiger partial charge in [0, 0.05) is 29.4 Å². The Bertz CT molecular complexity index is 1150. The molecule has 0 bridgehead atoms. The average Bonchev–Trinajstić information content (AvgIpc) is 2.77. The smallest absolute Gasteiger partial charge is 0.408 e. The lowest BCUT2D eigenvalue weighted by atomic mass is 9.72. The summed E-state index contributed by atoms with van der Waals surface area (Å²) in [6.07, 6.45) is -4.99. The van der Waals surface area contributed by atoms with Crippen molar-refractivity contribution in [1.29, 1.82) is 0 Å². The Morgan fingerprint density at radius 2 is 1.79 bits per heavy atom. The Labute approximate surface area is 196 Å². The highest BCUT2D eigenvalue weighted by Gasteiger charge is 2.56. The number of nitrogens with zero attached hydrogens (tertiary/aromatic N) is 1. The number of rotatable bonds is 9. The minimum absolute atomic E-state index is 0.247. The fraction of sp³-hybridized carbons (Fsp3) is 0.400. The van der Waals surface area contributed by atoms with E-state index in [1.54, 1.807) is 44.2 Å². The topological polar surface area (TPSA) is 72.2 Å². The van der Waals surface area contributed by atoms with Gasteiger partial charge in [-0.2, -0.15) is 13.2 Å². The third-order valence-corrected chi connectivity index (χ3v) is 6.09. The van der Waals surface area contributed by atoms with Crippen LogP contribution in [0.15, 0.2) is 48.5 Å². The lowest BCUT2D eigenvalue weighted by Crippen LogP contribution is -2.62. The molecule has 1 atom stereocenters. The second-order valence-electron chi connectivity index (χ2n) is 8.93. The van der Waals surface area contributed by atoms with Crippen molar-refractivity contribution in [3.63, 3.8) is 0 Å². The third-order valence-electron chi connectivity index (χ3n) is 6.09. The molecule has 2 aromatic carbocycles. The summed E-state index contributed by atoms with van der Waals surface area (Å²) in [5, 5.41) is 6.14. The largest absolute Gasteiger partial charge is 0.478 e. The fourth-order valence-corrected chi connectivity index (χ4v) is 4.31. The van der Waals surface area contributed by atoms with Crippen molar-refractivity contribution in [3.05, 3.63) is 59.9 Å². The number of benzene rings is 2. The molecule has 34 heavy (non-hydrogen) atoms. The number of ether oxygens (including phenoxy) is 1. The number of halogens is 4. The van der Waals surface area contributed by atoms with E-state index in [1.165, 1.54) is 25.2 Å². The Balaban J connectivity index is 1.95. The van der Waals surface area contributed by atoms with Crippen LogP contribution in [0, 0.1) is 5.82 Å². The standard InChI is InChI=1S/C25H30F4N4O/c1-5-34-22-12-10-17-20(7-6-8-21(17)33-22)32-15-24(31-4,25(27,28)29)14-23(2,3)18-13-16(26)9-11-19(18)30/h6-13,31-32H,5,14-15,30H2,1-4H3. The number of pyridine rings is 1. The number of hydrogen-bond donors (Lipinski definition) is 3. The van der Waals surface area contributed by atoms with Crippen molar-refractivity contribution >= 4 is 22.3 Å². The summed E-state index contributed by atoms with van der Waals surface area (Å²) in [6.45, 7) is 5.10. The quantitative estimate of drug-likeness (QED) is 0.274. The first-order valence-electron chi connectivity index (χ1n) is 11.0. The summed E-state index contributed by atoms with van der Waals surface area (Å²) in [5.41, 5.74) is 4.29. The number of alkyl halides is 3. The van der Waals surface area contributed by atoms with Crippen molar-refractivity contribution < 1.29 is 22.3 Å². The van der Waals surface area contributed by atoms with E-state index in [0.717, 1.165) is 0 Å². The molecule has 184 valence electrons. The normalized spacial score (nSPS) is 14.1. The summed E-state index contributed by atoms with van der Waals surface area (Å²) in [5.74, 6) is -0.103. The van der Waals surface area contributed by atoms with E-state index in [2.05, 4.69) is 15.6 Å². The van der Waals surface area contributed by atoms with Crippen LogP contribution >= 0.6 is 0 Å². The molecule has 0 fully saturated rings. The molecule has 3 aromatic rings. The number of hydrogen-bond acceptors (Lipinski definition) is 5. The SMILES string of the molecule is CCOc1ccc2c(NCC(CC(C)(C)c3cc(F)ccc3N)(NC)C(F)(F)F)cccc2n1. The minimum Gasteiger partial charge on any atom is -0.478 e. The molecule has 0 aliphatic carbocycles. The van der Waals surface area contributed by atoms with Crippen molar-refractivity contribution in [2.45, 2.75) is 44.3 Å². The molecule has 0 radical (unpaired) electrons. The highest BCUT2D eigenvalue weighted by atomic mass is 19.4. The number of nitrogens with two attached hydrogens (primary N) is 1. The number of fused-ring (bicyclic) bond motifs is 1. The second kappa shape index (κ2) is 9.66. The van der Waals surface area contributed by atoms with Gasteiger partial charge in [-0.3, -0.25) is 0 Å². The molecule has 0 saturated heterocycles. The van der Waals surface area contributed by atoms with Crippen LogP contribution in [0.4, 0.5) is 28.9 Å². The predicted molar refractivity (Wildman–Crippen MR) is 128 cm³/mol. The first kappa shape index (κ1) is 25.6. The van der Waals surface area contributed by atoms with Crippen LogP contribution in [0.1, 0.15) is 32.8 Å². The second-order valence-corrected chi connectivity index (χ2v) is 8.93. The van der Waals surface area contributed by atoms with Crippen LogP contribution in [0.2, 0.25) is 0 Å². The highest BCUT2D eigenvalue weighted by molar-refractivity contribution is 5.91. The molecule has 4 N–H and O–H groups in total. The van der Waals surface area contributed by atoms with Gasteiger partial charge in [0.2, 0.25) is 5.88 Å². The summed E-state index contributed by atoms with van der Waals surface area (Å²) >= 11 is 0. The molecule has 1 aromatic heterocycles. The van der Waals surface area contributed by atoms with Crippen molar-refractivity contribution in [1.82, 2.24) is 10.3 Å². The van der Waals surface area contributed by atoms with Crippen LogP contribution in [0.5, 0.6) is 5.88 Å². The fourth-order valence-electron chi connectivity index (χ4n) is 4.31. The van der Waals surface area contributed by atoms with E-state index in [-0.39, 0.29) is 12.1 Å². The van der Waals surface area contributed by atoms with Crippen LogP contribution in [-0.2, 0) is 5.41 Å². The van der Waals surface area contributed by atoms with Gasteiger partial charge in [-0.1, -0.05) is 19.9 Å². The molecular weight excluding hydrogens is 448 g/mol. The number of anilines is 2. The number of likely N-dealkylation sites (N-methyl/N-ethyl adjacent to an activating group) is 1.